The van der Waals surface area contributed by atoms with E-state index >= 15 is 0 Å². The van der Waals surface area contributed by atoms with Crippen LogP contribution < -0.4 is 10.1 Å². The standard InChI is InChI=1S/C18H17NO3/c1-13(17-11-14-7-5-6-10-16(14)22-17)19-18(20)12-21-15-8-3-2-4-9-15/h2-11,13H,12H2,1H3,(H,19,20)/t13-/m0/s1. The van der Waals surface area contributed by atoms with E-state index in [-0.39, 0.29) is 18.6 Å². The van der Waals surface area contributed by atoms with Gasteiger partial charge in [0.25, 0.3) is 5.91 Å². The van der Waals surface area contributed by atoms with Crippen LogP contribution in [0.3, 0.4) is 0 Å². The Morgan fingerprint density at radius 1 is 1.14 bits per heavy atom. The molecule has 0 aliphatic carbocycles. The number of fused-ring (bicyclic) bond motifs is 1. The summed E-state index contributed by atoms with van der Waals surface area (Å²) in [6, 6.07) is 18.8. The highest BCUT2D eigenvalue weighted by molar-refractivity contribution is 5.79. The van der Waals surface area contributed by atoms with Crippen LogP contribution in [-0.4, -0.2) is 12.5 Å². The van der Waals surface area contributed by atoms with Crippen LogP contribution in [0.25, 0.3) is 11.0 Å². The second kappa shape index (κ2) is 6.35. The SMILES string of the molecule is C[C@H](NC(=O)COc1ccccc1)c1cc2ccccc2o1. The number of furan rings is 1. The van der Waals surface area contributed by atoms with Crippen molar-refractivity contribution in [2.75, 3.05) is 6.61 Å². The van der Waals surface area contributed by atoms with Gasteiger partial charge in [0.05, 0.1) is 6.04 Å². The average Bonchev–Trinajstić information content (AvgIpc) is 2.98. The third kappa shape index (κ3) is 3.28. The molecule has 3 aromatic rings. The molecule has 0 unspecified atom stereocenters. The van der Waals surface area contributed by atoms with Gasteiger partial charge in [-0.15, -0.1) is 0 Å². The largest absolute Gasteiger partial charge is 0.484 e. The van der Waals surface area contributed by atoms with E-state index in [1.54, 1.807) is 0 Å². The first-order valence-electron chi connectivity index (χ1n) is 7.18. The zero-order valence-electron chi connectivity index (χ0n) is 12.3. The molecular formula is C18H17NO3. The van der Waals surface area contributed by atoms with E-state index in [2.05, 4.69) is 5.32 Å². The number of carbonyl (C=O) groups is 1. The van der Waals surface area contributed by atoms with Crippen molar-refractivity contribution < 1.29 is 13.9 Å². The summed E-state index contributed by atoms with van der Waals surface area (Å²) in [4.78, 5) is 11.9. The van der Waals surface area contributed by atoms with E-state index in [9.17, 15) is 4.79 Å². The van der Waals surface area contributed by atoms with Crippen molar-refractivity contribution in [2.45, 2.75) is 13.0 Å². The van der Waals surface area contributed by atoms with Crippen molar-refractivity contribution in [1.82, 2.24) is 5.32 Å². The fourth-order valence-electron chi connectivity index (χ4n) is 2.24. The number of hydrogen-bond donors (Lipinski definition) is 1. The Hall–Kier alpha value is -2.75. The maximum atomic E-state index is 11.9. The lowest BCUT2D eigenvalue weighted by Crippen LogP contribution is -2.31. The van der Waals surface area contributed by atoms with Gasteiger partial charge in [-0.2, -0.15) is 0 Å². The summed E-state index contributed by atoms with van der Waals surface area (Å²) >= 11 is 0. The molecule has 0 saturated heterocycles. The van der Waals surface area contributed by atoms with Gasteiger partial charge in [-0.1, -0.05) is 36.4 Å². The van der Waals surface area contributed by atoms with Gasteiger partial charge >= 0.3 is 0 Å². The van der Waals surface area contributed by atoms with E-state index in [0.717, 1.165) is 16.7 Å². The predicted octanol–water partition coefficient (Wildman–Crippen LogP) is 3.69. The molecule has 0 aliphatic heterocycles. The lowest BCUT2D eigenvalue weighted by molar-refractivity contribution is -0.123. The quantitative estimate of drug-likeness (QED) is 0.781. The van der Waals surface area contributed by atoms with Crippen LogP contribution in [0.4, 0.5) is 0 Å². The molecule has 4 heteroatoms. The van der Waals surface area contributed by atoms with Crippen molar-refractivity contribution in [2.24, 2.45) is 0 Å². The first-order valence-corrected chi connectivity index (χ1v) is 7.18. The van der Waals surface area contributed by atoms with E-state index in [0.29, 0.717) is 5.75 Å². The van der Waals surface area contributed by atoms with Crippen LogP contribution in [-0.2, 0) is 4.79 Å². The van der Waals surface area contributed by atoms with Crippen molar-refractivity contribution in [3.8, 4) is 5.75 Å². The summed E-state index contributed by atoms with van der Waals surface area (Å²) in [6.45, 7) is 1.87. The maximum Gasteiger partial charge on any atom is 0.258 e. The smallest absolute Gasteiger partial charge is 0.258 e. The molecular weight excluding hydrogens is 278 g/mol. The van der Waals surface area contributed by atoms with Gasteiger partial charge in [0.2, 0.25) is 0 Å². The molecule has 1 aromatic heterocycles. The lowest BCUT2D eigenvalue weighted by atomic mass is 10.2. The Morgan fingerprint density at radius 3 is 2.64 bits per heavy atom. The number of amides is 1. The lowest BCUT2D eigenvalue weighted by Gasteiger charge is -2.12. The number of nitrogens with one attached hydrogen (secondary N) is 1. The number of ether oxygens (including phenoxy) is 1. The Kier molecular flexibility index (Phi) is 4.10. The van der Waals surface area contributed by atoms with Gasteiger partial charge < -0.3 is 14.5 Å². The fraction of sp³-hybridized carbons (Fsp3) is 0.167. The molecule has 0 spiro atoms. The zero-order valence-corrected chi connectivity index (χ0v) is 12.3. The van der Waals surface area contributed by atoms with Gasteiger partial charge in [0.1, 0.15) is 17.1 Å². The molecule has 2 aromatic carbocycles. The third-order valence-corrected chi connectivity index (χ3v) is 3.36. The first-order chi connectivity index (χ1) is 10.7. The molecule has 22 heavy (non-hydrogen) atoms. The highest BCUT2D eigenvalue weighted by atomic mass is 16.5. The van der Waals surface area contributed by atoms with Gasteiger partial charge in [-0.3, -0.25) is 4.79 Å². The number of rotatable bonds is 5. The second-order valence-corrected chi connectivity index (χ2v) is 5.08. The topological polar surface area (TPSA) is 51.5 Å². The van der Waals surface area contributed by atoms with E-state index < -0.39 is 0 Å². The van der Waals surface area contributed by atoms with E-state index in [4.69, 9.17) is 9.15 Å². The highest BCUT2D eigenvalue weighted by Crippen LogP contribution is 2.23. The Balaban J connectivity index is 1.58. The molecule has 0 bridgehead atoms. The van der Waals surface area contributed by atoms with Crippen LogP contribution >= 0.6 is 0 Å². The van der Waals surface area contributed by atoms with Crippen LogP contribution in [0, 0.1) is 0 Å². The molecule has 1 N–H and O–H groups in total. The van der Waals surface area contributed by atoms with Crippen molar-refractivity contribution >= 4 is 16.9 Å². The van der Waals surface area contributed by atoms with Crippen molar-refractivity contribution in [3.05, 3.63) is 66.4 Å². The zero-order chi connectivity index (χ0) is 15.4. The third-order valence-electron chi connectivity index (χ3n) is 3.36. The minimum absolute atomic E-state index is 0.0193. The molecule has 112 valence electrons. The summed E-state index contributed by atoms with van der Waals surface area (Å²) in [5.74, 6) is 1.22. The van der Waals surface area contributed by atoms with Crippen molar-refractivity contribution in [1.29, 1.82) is 0 Å². The highest BCUT2D eigenvalue weighted by Gasteiger charge is 2.14. The predicted molar refractivity (Wildman–Crippen MR) is 84.7 cm³/mol. The second-order valence-electron chi connectivity index (χ2n) is 5.08. The van der Waals surface area contributed by atoms with Gasteiger partial charge in [-0.25, -0.2) is 0 Å². The Morgan fingerprint density at radius 2 is 1.86 bits per heavy atom. The molecule has 0 radical (unpaired) electrons. The van der Waals surface area contributed by atoms with Crippen LogP contribution in [0.2, 0.25) is 0 Å². The number of hydrogen-bond acceptors (Lipinski definition) is 3. The minimum Gasteiger partial charge on any atom is -0.484 e. The number of carbonyl (C=O) groups excluding carboxylic acids is 1. The Labute approximate surface area is 128 Å². The summed E-state index contributed by atoms with van der Waals surface area (Å²) in [6.07, 6.45) is 0. The molecule has 0 fully saturated rings. The van der Waals surface area contributed by atoms with Crippen LogP contribution in [0.15, 0.2) is 65.1 Å². The molecule has 0 saturated carbocycles. The summed E-state index contributed by atoms with van der Waals surface area (Å²) in [7, 11) is 0. The molecule has 0 aliphatic rings. The molecule has 4 nitrogen and oxygen atoms in total. The average molecular weight is 295 g/mol. The van der Waals surface area contributed by atoms with Crippen LogP contribution in [0.5, 0.6) is 5.75 Å². The minimum atomic E-state index is -0.209. The summed E-state index contributed by atoms with van der Waals surface area (Å²) in [5.41, 5.74) is 0.819. The molecule has 3 rings (SSSR count). The number of para-hydroxylation sites is 2. The van der Waals surface area contributed by atoms with Crippen LogP contribution in [0.1, 0.15) is 18.7 Å². The van der Waals surface area contributed by atoms with Gasteiger partial charge in [0.15, 0.2) is 6.61 Å². The first kappa shape index (κ1) is 14.2. The van der Waals surface area contributed by atoms with Gasteiger partial charge in [0, 0.05) is 5.39 Å². The van der Waals surface area contributed by atoms with Gasteiger partial charge in [-0.05, 0) is 31.2 Å². The summed E-state index contributed by atoms with van der Waals surface area (Å²) in [5, 5.41) is 3.90. The summed E-state index contributed by atoms with van der Waals surface area (Å²) < 4.78 is 11.2. The molecule has 1 amide bonds. The normalized spacial score (nSPS) is 12.0. The monoisotopic (exact) mass is 295 g/mol. The van der Waals surface area contributed by atoms with Crippen molar-refractivity contribution in [3.63, 3.8) is 0 Å². The fourth-order valence-corrected chi connectivity index (χ4v) is 2.24. The van der Waals surface area contributed by atoms with E-state index in [1.807, 2.05) is 67.6 Å². The Bertz CT molecular complexity index is 731. The molecule has 1 heterocycles. The maximum absolute atomic E-state index is 11.9. The number of benzene rings is 2. The van der Waals surface area contributed by atoms with E-state index in [1.165, 1.54) is 0 Å². The molecule has 1 atom stereocenters.